The topological polar surface area (TPSA) is 35.2 Å². The Morgan fingerprint density at radius 1 is 1.33 bits per heavy atom. The van der Waals surface area contributed by atoms with Gasteiger partial charge in [0.25, 0.3) is 0 Å². The first-order valence-electron chi connectivity index (χ1n) is 6.06. The van der Waals surface area contributed by atoms with E-state index < -0.39 is 0 Å². The second kappa shape index (κ2) is 5.42. The molecule has 0 unspecified atom stereocenters. The van der Waals surface area contributed by atoms with Crippen LogP contribution < -0.4 is 10.5 Å². The van der Waals surface area contributed by atoms with Crippen molar-refractivity contribution in [3.63, 3.8) is 0 Å². The Labute approximate surface area is 109 Å². The van der Waals surface area contributed by atoms with Crippen LogP contribution in [0.4, 0.5) is 10.1 Å². The van der Waals surface area contributed by atoms with Crippen LogP contribution in [0.5, 0.6) is 5.75 Å². The number of anilines is 1. The van der Waals surface area contributed by atoms with Gasteiger partial charge in [-0.25, -0.2) is 4.39 Å². The minimum absolute atomic E-state index is 0.186. The van der Waals surface area contributed by atoms with Gasteiger partial charge in [-0.2, -0.15) is 0 Å². The number of halogens is 1. The molecular weight excluding hydrogens is 229 g/mol. The quantitative estimate of drug-likeness (QED) is 0.815. The first-order valence-corrected chi connectivity index (χ1v) is 6.06. The molecule has 0 aromatic heterocycles. The summed E-state index contributed by atoms with van der Waals surface area (Å²) in [6, 6.07) is 3.82. The SMILES string of the molecule is C/C(F)=C\C(C)(C)COc1cc(C)c(N)cc1C. The molecule has 0 aliphatic heterocycles. The molecule has 1 rings (SSSR count). The highest BCUT2D eigenvalue weighted by Crippen LogP contribution is 2.27. The van der Waals surface area contributed by atoms with E-state index >= 15 is 0 Å². The van der Waals surface area contributed by atoms with Crippen LogP contribution in [0.3, 0.4) is 0 Å². The standard InChI is InChI=1S/C15H22FNO/c1-10-7-14(11(2)6-13(10)17)18-9-15(4,5)8-12(3)16/h6-8H,9,17H2,1-5H3/b12-8+. The molecule has 0 saturated carbocycles. The number of ether oxygens (including phenoxy) is 1. The number of allylic oxidation sites excluding steroid dienone is 1. The molecule has 1 aromatic rings. The zero-order valence-corrected chi connectivity index (χ0v) is 11.8. The Morgan fingerprint density at radius 3 is 2.50 bits per heavy atom. The van der Waals surface area contributed by atoms with E-state index in [4.69, 9.17) is 10.5 Å². The zero-order chi connectivity index (χ0) is 13.9. The lowest BCUT2D eigenvalue weighted by Crippen LogP contribution is -2.19. The molecule has 0 amide bonds. The molecule has 0 spiro atoms. The Kier molecular flexibility index (Phi) is 4.38. The molecular formula is C15H22FNO. The molecule has 0 heterocycles. The predicted molar refractivity (Wildman–Crippen MR) is 74.5 cm³/mol. The lowest BCUT2D eigenvalue weighted by atomic mass is 9.94. The molecule has 1 aromatic carbocycles. The van der Waals surface area contributed by atoms with Gasteiger partial charge in [-0.1, -0.05) is 13.8 Å². The Hall–Kier alpha value is -1.51. The molecule has 3 heteroatoms. The summed E-state index contributed by atoms with van der Waals surface area (Å²) < 4.78 is 18.7. The summed E-state index contributed by atoms with van der Waals surface area (Å²) in [7, 11) is 0. The number of hydrogen-bond acceptors (Lipinski definition) is 2. The molecule has 100 valence electrons. The van der Waals surface area contributed by atoms with E-state index in [2.05, 4.69) is 0 Å². The molecule has 0 fully saturated rings. The maximum absolute atomic E-state index is 12.9. The second-order valence-electron chi connectivity index (χ2n) is 5.48. The molecule has 2 N–H and O–H groups in total. The number of nitrogen functional groups attached to an aromatic ring is 1. The van der Waals surface area contributed by atoms with Crippen molar-refractivity contribution < 1.29 is 9.13 Å². The van der Waals surface area contributed by atoms with E-state index in [1.165, 1.54) is 6.92 Å². The summed E-state index contributed by atoms with van der Waals surface area (Å²) >= 11 is 0. The van der Waals surface area contributed by atoms with Crippen molar-refractivity contribution in [1.82, 2.24) is 0 Å². The third-order valence-electron chi connectivity index (χ3n) is 2.75. The molecule has 0 aliphatic rings. The third-order valence-corrected chi connectivity index (χ3v) is 2.75. The highest BCUT2D eigenvalue weighted by atomic mass is 19.1. The summed E-state index contributed by atoms with van der Waals surface area (Å²) in [6.45, 7) is 9.65. The average Bonchev–Trinajstić information content (AvgIpc) is 2.19. The second-order valence-corrected chi connectivity index (χ2v) is 5.48. The molecule has 0 aliphatic carbocycles. The minimum atomic E-state index is -0.333. The zero-order valence-electron chi connectivity index (χ0n) is 11.8. The van der Waals surface area contributed by atoms with E-state index in [0.29, 0.717) is 6.61 Å². The largest absolute Gasteiger partial charge is 0.492 e. The van der Waals surface area contributed by atoms with Crippen molar-refractivity contribution in [3.8, 4) is 5.75 Å². The van der Waals surface area contributed by atoms with E-state index in [1.807, 2.05) is 39.8 Å². The fraction of sp³-hybridized carbons (Fsp3) is 0.467. The number of rotatable bonds is 4. The molecule has 0 saturated heterocycles. The van der Waals surface area contributed by atoms with Crippen molar-refractivity contribution >= 4 is 5.69 Å². The lowest BCUT2D eigenvalue weighted by Gasteiger charge is -2.22. The van der Waals surface area contributed by atoms with Crippen LogP contribution in [-0.4, -0.2) is 6.61 Å². The summed E-state index contributed by atoms with van der Waals surface area (Å²) in [6.07, 6.45) is 1.58. The van der Waals surface area contributed by atoms with Crippen molar-refractivity contribution in [3.05, 3.63) is 35.2 Å². The maximum atomic E-state index is 12.9. The minimum Gasteiger partial charge on any atom is -0.492 e. The average molecular weight is 251 g/mol. The van der Waals surface area contributed by atoms with Crippen molar-refractivity contribution in [2.45, 2.75) is 34.6 Å². The third kappa shape index (κ3) is 4.06. The highest BCUT2D eigenvalue weighted by Gasteiger charge is 2.17. The van der Waals surface area contributed by atoms with E-state index in [0.717, 1.165) is 22.6 Å². The predicted octanol–water partition coefficient (Wildman–Crippen LogP) is 4.16. The van der Waals surface area contributed by atoms with Crippen LogP contribution in [-0.2, 0) is 0 Å². The van der Waals surface area contributed by atoms with Gasteiger partial charge in [-0.05, 0) is 50.1 Å². The van der Waals surface area contributed by atoms with Crippen LogP contribution >= 0.6 is 0 Å². The van der Waals surface area contributed by atoms with Gasteiger partial charge in [-0.3, -0.25) is 0 Å². The fourth-order valence-corrected chi connectivity index (χ4v) is 1.81. The first-order chi connectivity index (χ1) is 8.21. The molecule has 0 bridgehead atoms. The Bertz CT molecular complexity index is 460. The van der Waals surface area contributed by atoms with Crippen LogP contribution in [0.25, 0.3) is 0 Å². The van der Waals surface area contributed by atoms with Crippen LogP contribution in [0.2, 0.25) is 0 Å². The van der Waals surface area contributed by atoms with E-state index in [-0.39, 0.29) is 11.2 Å². The summed E-state index contributed by atoms with van der Waals surface area (Å²) in [5.74, 6) is 0.619. The Morgan fingerprint density at radius 2 is 1.94 bits per heavy atom. The van der Waals surface area contributed by atoms with Crippen molar-refractivity contribution in [2.24, 2.45) is 5.41 Å². The monoisotopic (exact) mass is 251 g/mol. The van der Waals surface area contributed by atoms with Crippen LogP contribution in [0, 0.1) is 19.3 Å². The van der Waals surface area contributed by atoms with Gasteiger partial charge in [0, 0.05) is 11.1 Å². The van der Waals surface area contributed by atoms with Crippen molar-refractivity contribution in [1.29, 1.82) is 0 Å². The number of hydrogen-bond donors (Lipinski definition) is 1. The summed E-state index contributed by atoms with van der Waals surface area (Å²) in [5, 5.41) is 0. The van der Waals surface area contributed by atoms with Gasteiger partial charge in [-0.15, -0.1) is 0 Å². The van der Waals surface area contributed by atoms with Gasteiger partial charge in [0.15, 0.2) is 0 Å². The lowest BCUT2D eigenvalue weighted by molar-refractivity contribution is 0.218. The summed E-state index contributed by atoms with van der Waals surface area (Å²) in [5.41, 5.74) is 8.24. The van der Waals surface area contributed by atoms with E-state index in [9.17, 15) is 4.39 Å². The van der Waals surface area contributed by atoms with Crippen molar-refractivity contribution in [2.75, 3.05) is 12.3 Å². The van der Waals surface area contributed by atoms with Gasteiger partial charge in [0.05, 0.1) is 12.4 Å². The van der Waals surface area contributed by atoms with Gasteiger partial charge in [0.1, 0.15) is 5.75 Å². The normalized spacial score (nSPS) is 12.7. The first kappa shape index (κ1) is 14.6. The molecule has 0 radical (unpaired) electrons. The fourth-order valence-electron chi connectivity index (χ4n) is 1.81. The van der Waals surface area contributed by atoms with Gasteiger partial charge < -0.3 is 10.5 Å². The smallest absolute Gasteiger partial charge is 0.122 e. The molecule has 2 nitrogen and oxygen atoms in total. The number of aryl methyl sites for hydroxylation is 2. The van der Waals surface area contributed by atoms with Gasteiger partial charge in [0.2, 0.25) is 0 Å². The molecule has 18 heavy (non-hydrogen) atoms. The van der Waals surface area contributed by atoms with Crippen LogP contribution in [0.1, 0.15) is 31.9 Å². The Balaban J connectivity index is 2.81. The number of benzene rings is 1. The van der Waals surface area contributed by atoms with E-state index in [1.54, 1.807) is 6.08 Å². The summed E-state index contributed by atoms with van der Waals surface area (Å²) in [4.78, 5) is 0. The maximum Gasteiger partial charge on any atom is 0.122 e. The van der Waals surface area contributed by atoms with Gasteiger partial charge >= 0.3 is 0 Å². The van der Waals surface area contributed by atoms with Crippen LogP contribution in [0.15, 0.2) is 24.0 Å². The molecule has 0 atom stereocenters. The number of nitrogens with two attached hydrogens (primary N) is 1. The highest BCUT2D eigenvalue weighted by molar-refractivity contribution is 5.53.